The summed E-state index contributed by atoms with van der Waals surface area (Å²) in [4.78, 5) is 0. The normalized spacial score (nSPS) is 18.8. The highest BCUT2D eigenvalue weighted by Crippen LogP contribution is 2.36. The highest BCUT2D eigenvalue weighted by atomic mass is 14.3. The van der Waals surface area contributed by atoms with E-state index in [2.05, 4.69) is 51.1 Å². The summed E-state index contributed by atoms with van der Waals surface area (Å²) < 4.78 is 0. The molecule has 1 nitrogen and oxygen atoms in total. The van der Waals surface area contributed by atoms with Crippen LogP contribution in [0.15, 0.2) is 24.3 Å². The molecule has 1 heteroatoms. The monoisotopic (exact) mass is 255 g/mol. The highest BCUT2D eigenvalue weighted by molar-refractivity contribution is 5.32. The van der Waals surface area contributed by atoms with Crippen molar-refractivity contribution in [1.82, 2.24) is 0 Å². The van der Waals surface area contributed by atoms with Gasteiger partial charge in [0.1, 0.15) is 0 Å². The molecule has 2 rings (SSSR count). The third-order valence-electron chi connectivity index (χ3n) is 4.40. The molecular weight excluding hydrogens is 230 g/mol. The summed E-state index contributed by atoms with van der Waals surface area (Å²) in [5.74, 6) is 0.661. The van der Waals surface area contributed by atoms with E-state index in [9.17, 15) is 5.26 Å². The van der Waals surface area contributed by atoms with Gasteiger partial charge < -0.3 is 0 Å². The fraction of sp³-hybridized carbons (Fsp3) is 0.611. The van der Waals surface area contributed by atoms with E-state index >= 15 is 0 Å². The van der Waals surface area contributed by atoms with E-state index in [1.54, 1.807) is 0 Å². The fourth-order valence-electron chi connectivity index (χ4n) is 3.11. The Morgan fingerprint density at radius 3 is 2.11 bits per heavy atom. The molecule has 1 fully saturated rings. The molecule has 0 N–H and O–H groups in total. The molecule has 102 valence electrons. The molecule has 1 unspecified atom stereocenters. The molecule has 1 atom stereocenters. The van der Waals surface area contributed by atoms with Gasteiger partial charge in [0, 0.05) is 0 Å². The van der Waals surface area contributed by atoms with Crippen LogP contribution in [-0.2, 0) is 5.41 Å². The Kier molecular flexibility index (Phi) is 4.30. The Labute approximate surface area is 117 Å². The third-order valence-corrected chi connectivity index (χ3v) is 4.40. The van der Waals surface area contributed by atoms with Crippen molar-refractivity contribution >= 4 is 0 Å². The van der Waals surface area contributed by atoms with E-state index in [4.69, 9.17) is 0 Å². The van der Waals surface area contributed by atoms with E-state index in [1.807, 2.05) is 0 Å². The number of hydrogen-bond donors (Lipinski definition) is 0. The number of nitrogens with zero attached hydrogens (tertiary/aromatic N) is 1. The van der Waals surface area contributed by atoms with Crippen molar-refractivity contribution in [2.24, 2.45) is 5.92 Å². The van der Waals surface area contributed by atoms with Gasteiger partial charge in [-0.2, -0.15) is 5.26 Å². The van der Waals surface area contributed by atoms with Crippen molar-refractivity contribution in [3.05, 3.63) is 35.4 Å². The lowest BCUT2D eigenvalue weighted by Crippen LogP contribution is -2.16. The first-order valence-electron chi connectivity index (χ1n) is 7.52. The van der Waals surface area contributed by atoms with Crippen LogP contribution in [0.4, 0.5) is 0 Å². The Morgan fingerprint density at radius 1 is 1.05 bits per heavy atom. The first-order chi connectivity index (χ1) is 9.02. The van der Waals surface area contributed by atoms with Gasteiger partial charge in [0.15, 0.2) is 0 Å². The van der Waals surface area contributed by atoms with Crippen LogP contribution >= 0.6 is 0 Å². The second-order valence-corrected chi connectivity index (χ2v) is 6.88. The lowest BCUT2D eigenvalue weighted by Gasteiger charge is -2.26. The maximum atomic E-state index is 9.51. The molecule has 1 aromatic carbocycles. The van der Waals surface area contributed by atoms with Gasteiger partial charge in [0.05, 0.1) is 12.0 Å². The average Bonchev–Trinajstić information content (AvgIpc) is 2.40. The Hall–Kier alpha value is -1.29. The van der Waals surface area contributed by atoms with Gasteiger partial charge in [-0.3, -0.25) is 0 Å². The van der Waals surface area contributed by atoms with Crippen molar-refractivity contribution in [2.45, 2.75) is 64.2 Å². The zero-order chi connectivity index (χ0) is 13.9. The summed E-state index contributed by atoms with van der Waals surface area (Å²) >= 11 is 0. The summed E-state index contributed by atoms with van der Waals surface area (Å²) in [5.41, 5.74) is 2.74. The van der Waals surface area contributed by atoms with E-state index < -0.39 is 0 Å². The second kappa shape index (κ2) is 5.78. The van der Waals surface area contributed by atoms with E-state index in [-0.39, 0.29) is 11.3 Å². The number of hydrogen-bond acceptors (Lipinski definition) is 1. The summed E-state index contributed by atoms with van der Waals surface area (Å²) in [7, 11) is 0. The van der Waals surface area contributed by atoms with E-state index in [0.29, 0.717) is 5.92 Å². The first kappa shape index (κ1) is 14.1. The molecule has 19 heavy (non-hydrogen) atoms. The molecule has 0 radical (unpaired) electrons. The summed E-state index contributed by atoms with van der Waals surface area (Å²) in [5, 5.41) is 9.51. The molecule has 1 aliphatic carbocycles. The standard InChI is InChI=1S/C18H25N/c1-18(2,3)16-11-9-15(10-12-16)17(13-19)14-7-5-4-6-8-14/h9-12,14,17H,4-8H2,1-3H3. The quantitative estimate of drug-likeness (QED) is 0.715. The number of nitriles is 1. The largest absolute Gasteiger partial charge is 0.198 e. The van der Waals surface area contributed by atoms with Crippen molar-refractivity contribution in [3.8, 4) is 6.07 Å². The molecule has 1 aliphatic rings. The average molecular weight is 255 g/mol. The molecular formula is C18H25N. The molecule has 1 aromatic rings. The number of rotatable bonds is 2. The maximum absolute atomic E-state index is 9.51. The molecule has 0 aliphatic heterocycles. The topological polar surface area (TPSA) is 23.8 Å². The van der Waals surface area contributed by atoms with Gasteiger partial charge in [-0.25, -0.2) is 0 Å². The molecule has 0 amide bonds. The minimum absolute atomic E-state index is 0.0920. The molecule has 0 heterocycles. The Morgan fingerprint density at radius 2 is 1.63 bits per heavy atom. The zero-order valence-electron chi connectivity index (χ0n) is 12.4. The lowest BCUT2D eigenvalue weighted by molar-refractivity contribution is 0.335. The van der Waals surface area contributed by atoms with Gasteiger partial charge in [-0.15, -0.1) is 0 Å². The van der Waals surface area contributed by atoms with Crippen LogP contribution in [0.5, 0.6) is 0 Å². The van der Waals surface area contributed by atoms with E-state index in [0.717, 1.165) is 0 Å². The van der Waals surface area contributed by atoms with Crippen molar-refractivity contribution < 1.29 is 0 Å². The van der Waals surface area contributed by atoms with Crippen LogP contribution in [0.1, 0.15) is 69.9 Å². The molecule has 0 spiro atoms. The van der Waals surface area contributed by atoms with Gasteiger partial charge in [0.2, 0.25) is 0 Å². The van der Waals surface area contributed by atoms with Gasteiger partial charge in [-0.05, 0) is 35.3 Å². The van der Waals surface area contributed by atoms with Gasteiger partial charge >= 0.3 is 0 Å². The van der Waals surface area contributed by atoms with E-state index in [1.165, 1.54) is 43.2 Å². The van der Waals surface area contributed by atoms with Gasteiger partial charge in [-0.1, -0.05) is 64.3 Å². The van der Waals surface area contributed by atoms with Crippen LogP contribution in [0.25, 0.3) is 0 Å². The maximum Gasteiger partial charge on any atom is 0.0740 e. The summed E-state index contributed by atoms with van der Waals surface area (Å²) in [6, 6.07) is 11.3. The first-order valence-corrected chi connectivity index (χ1v) is 7.52. The summed E-state index contributed by atoms with van der Waals surface area (Å²) in [6.07, 6.45) is 6.38. The van der Waals surface area contributed by atoms with Crippen molar-refractivity contribution in [1.29, 1.82) is 5.26 Å². The third kappa shape index (κ3) is 3.38. The predicted octanol–water partition coefficient (Wildman–Crippen LogP) is 5.17. The second-order valence-electron chi connectivity index (χ2n) is 6.88. The predicted molar refractivity (Wildman–Crippen MR) is 80.1 cm³/mol. The molecule has 0 bridgehead atoms. The van der Waals surface area contributed by atoms with Crippen LogP contribution in [0, 0.1) is 17.2 Å². The molecule has 1 saturated carbocycles. The molecule has 0 aromatic heterocycles. The minimum atomic E-state index is 0.0920. The summed E-state index contributed by atoms with van der Waals surface area (Å²) in [6.45, 7) is 6.68. The fourth-order valence-corrected chi connectivity index (χ4v) is 3.11. The van der Waals surface area contributed by atoms with Crippen LogP contribution in [-0.4, -0.2) is 0 Å². The Bertz CT molecular complexity index is 438. The van der Waals surface area contributed by atoms with Gasteiger partial charge in [0.25, 0.3) is 0 Å². The van der Waals surface area contributed by atoms with Crippen molar-refractivity contribution in [3.63, 3.8) is 0 Å². The zero-order valence-corrected chi connectivity index (χ0v) is 12.4. The lowest BCUT2D eigenvalue weighted by atomic mass is 9.77. The SMILES string of the molecule is CC(C)(C)c1ccc(C(C#N)C2CCCCC2)cc1. The number of benzene rings is 1. The Balaban J connectivity index is 2.17. The van der Waals surface area contributed by atoms with Crippen LogP contribution in [0.3, 0.4) is 0 Å². The smallest absolute Gasteiger partial charge is 0.0740 e. The van der Waals surface area contributed by atoms with Crippen LogP contribution in [0.2, 0.25) is 0 Å². The minimum Gasteiger partial charge on any atom is -0.198 e. The highest BCUT2D eigenvalue weighted by Gasteiger charge is 2.25. The van der Waals surface area contributed by atoms with Crippen LogP contribution < -0.4 is 0 Å². The van der Waals surface area contributed by atoms with Crippen molar-refractivity contribution in [2.75, 3.05) is 0 Å². The molecule has 0 saturated heterocycles.